The van der Waals surface area contributed by atoms with Crippen molar-refractivity contribution >= 4 is 0 Å². The van der Waals surface area contributed by atoms with Crippen molar-refractivity contribution in [1.82, 2.24) is 0 Å². The summed E-state index contributed by atoms with van der Waals surface area (Å²) >= 11 is 0. The Hall–Kier alpha value is -1.18. The van der Waals surface area contributed by atoms with Crippen LogP contribution in [0.2, 0.25) is 0 Å². The van der Waals surface area contributed by atoms with Gasteiger partial charge in [0.15, 0.2) is 5.75 Å². The van der Waals surface area contributed by atoms with E-state index in [1.54, 1.807) is 12.1 Å². The molecule has 0 saturated heterocycles. The van der Waals surface area contributed by atoms with E-state index in [1.807, 2.05) is 0 Å². The van der Waals surface area contributed by atoms with Gasteiger partial charge in [0.1, 0.15) is 0 Å². The van der Waals surface area contributed by atoms with Crippen LogP contribution in [0, 0.1) is 6.92 Å². The fraction of sp³-hybridized carbons (Fsp3) is 0.125. The van der Waals surface area contributed by atoms with Crippen LogP contribution in [0.3, 0.4) is 0 Å². The van der Waals surface area contributed by atoms with Gasteiger partial charge in [0.25, 0.3) is 0 Å². The van der Waals surface area contributed by atoms with E-state index in [-0.39, 0.29) is 5.75 Å². The number of rotatable bonds is 1. The summed E-state index contributed by atoms with van der Waals surface area (Å²) in [6, 6.07) is 4.85. The average Bonchev–Trinajstić information content (AvgIpc) is 1.88. The number of methoxy groups -OCH3 is 1. The fourth-order valence-electron chi connectivity index (χ4n) is 0.793. The third-order valence-electron chi connectivity index (χ3n) is 1.26. The Morgan fingerprint density at radius 3 is 2.60 bits per heavy atom. The summed E-state index contributed by atoms with van der Waals surface area (Å²) < 4.78 is 4.80. The van der Waals surface area contributed by atoms with Crippen molar-refractivity contribution in [3.63, 3.8) is 0 Å². The lowest BCUT2D eigenvalue weighted by molar-refractivity contribution is 0.314. The Morgan fingerprint density at radius 1 is 1.50 bits per heavy atom. The van der Waals surface area contributed by atoms with Crippen molar-refractivity contribution < 1.29 is 9.84 Å². The molecule has 0 heterocycles. The lowest BCUT2D eigenvalue weighted by Crippen LogP contribution is -1.85. The van der Waals surface area contributed by atoms with Gasteiger partial charge in [-0.2, -0.15) is 0 Å². The van der Waals surface area contributed by atoms with Crippen molar-refractivity contribution in [3.05, 3.63) is 30.7 Å². The van der Waals surface area contributed by atoms with Crippen LogP contribution in [-0.2, 0) is 5.11 Å². The monoisotopic (exact) mass is 136 g/mol. The van der Waals surface area contributed by atoms with E-state index in [9.17, 15) is 5.11 Å². The lowest BCUT2D eigenvalue weighted by atomic mass is 10.2. The second-order valence-corrected chi connectivity index (χ2v) is 1.95. The Bertz CT molecular complexity index is 210. The molecule has 0 spiro atoms. The summed E-state index contributed by atoms with van der Waals surface area (Å²) in [6.45, 7) is 3.63. The molecular formula is C8H8O2. The molecule has 0 aliphatic rings. The topological polar surface area (TPSA) is 29.1 Å². The van der Waals surface area contributed by atoms with Gasteiger partial charge in [0.2, 0.25) is 5.75 Å². The smallest absolute Gasteiger partial charge is 0.220 e. The van der Waals surface area contributed by atoms with Crippen LogP contribution in [0.15, 0.2) is 18.2 Å². The van der Waals surface area contributed by atoms with E-state index >= 15 is 0 Å². The highest BCUT2D eigenvalue weighted by molar-refractivity contribution is 5.46. The third kappa shape index (κ3) is 1.05. The molecule has 2 radical (unpaired) electrons. The predicted octanol–water partition coefficient (Wildman–Crippen LogP) is 2.02. The minimum absolute atomic E-state index is 0.116. The number of ether oxygens (including phenoxy) is 1. The summed E-state index contributed by atoms with van der Waals surface area (Å²) in [4.78, 5) is 0. The van der Waals surface area contributed by atoms with Gasteiger partial charge in [-0.3, -0.25) is 5.11 Å². The summed E-state index contributed by atoms with van der Waals surface area (Å²) in [5, 5.41) is 10.9. The quantitative estimate of drug-likeness (QED) is 0.580. The Balaban J connectivity index is 3.17. The molecule has 2 nitrogen and oxygen atoms in total. The van der Waals surface area contributed by atoms with Crippen molar-refractivity contribution in [2.75, 3.05) is 7.11 Å². The standard InChI is InChI=1S/C8H8O2/c1-6-4-3-5-7(9)8(6)10-2/h3-5H,1H2,2H3. The minimum Gasteiger partial charge on any atom is -0.492 e. The molecule has 0 atom stereocenters. The first-order valence-corrected chi connectivity index (χ1v) is 2.91. The molecule has 0 fully saturated rings. The number of hydrogen-bond acceptors (Lipinski definition) is 1. The van der Waals surface area contributed by atoms with Crippen molar-refractivity contribution in [2.24, 2.45) is 0 Å². The molecule has 0 aromatic heterocycles. The highest BCUT2D eigenvalue weighted by atomic mass is 16.5. The molecule has 1 rings (SSSR count). The fourth-order valence-corrected chi connectivity index (χ4v) is 0.793. The molecule has 0 aliphatic heterocycles. The van der Waals surface area contributed by atoms with Gasteiger partial charge in [0, 0.05) is 0 Å². The normalized spacial score (nSPS) is 9.40. The van der Waals surface area contributed by atoms with Gasteiger partial charge in [-0.1, -0.05) is 12.1 Å². The largest absolute Gasteiger partial charge is 0.492 e. The van der Waals surface area contributed by atoms with Crippen LogP contribution >= 0.6 is 0 Å². The molecule has 0 aliphatic carbocycles. The molecule has 0 amide bonds. The van der Waals surface area contributed by atoms with Crippen LogP contribution < -0.4 is 4.74 Å². The van der Waals surface area contributed by atoms with Gasteiger partial charge in [-0.25, -0.2) is 0 Å². The minimum atomic E-state index is -0.116. The van der Waals surface area contributed by atoms with E-state index in [4.69, 9.17) is 4.74 Å². The molecule has 0 N–H and O–H groups in total. The summed E-state index contributed by atoms with van der Waals surface area (Å²) in [6.07, 6.45) is 0. The predicted molar refractivity (Wildman–Crippen MR) is 37.6 cm³/mol. The molecule has 2 heteroatoms. The first kappa shape index (κ1) is 6.93. The second kappa shape index (κ2) is 2.60. The molecule has 0 unspecified atom stereocenters. The SMILES string of the molecule is [CH2]c1cccc([O])c1OC. The molecular weight excluding hydrogens is 128 g/mol. The average molecular weight is 136 g/mol. The Morgan fingerprint density at radius 2 is 2.20 bits per heavy atom. The number of hydrogen-bond donors (Lipinski definition) is 0. The Kier molecular flexibility index (Phi) is 1.81. The number of para-hydroxylation sites is 1. The summed E-state index contributed by atoms with van der Waals surface area (Å²) in [5.41, 5.74) is 0.634. The molecule has 1 aromatic carbocycles. The summed E-state index contributed by atoms with van der Waals surface area (Å²) in [5.74, 6) is 0.220. The van der Waals surface area contributed by atoms with Crippen molar-refractivity contribution in [3.8, 4) is 11.5 Å². The number of benzene rings is 1. The van der Waals surface area contributed by atoms with Gasteiger partial charge in [0.05, 0.1) is 7.11 Å². The highest BCUT2D eigenvalue weighted by Gasteiger charge is 2.03. The van der Waals surface area contributed by atoms with Crippen LogP contribution in [-0.4, -0.2) is 7.11 Å². The first-order chi connectivity index (χ1) is 4.75. The molecule has 10 heavy (non-hydrogen) atoms. The molecule has 0 saturated carbocycles. The van der Waals surface area contributed by atoms with Crippen LogP contribution in [0.5, 0.6) is 11.5 Å². The summed E-state index contributed by atoms with van der Waals surface area (Å²) in [7, 11) is 1.46. The van der Waals surface area contributed by atoms with Crippen LogP contribution in [0.1, 0.15) is 5.56 Å². The maximum atomic E-state index is 10.9. The Labute approximate surface area is 60.1 Å². The van der Waals surface area contributed by atoms with E-state index < -0.39 is 0 Å². The van der Waals surface area contributed by atoms with E-state index in [0.29, 0.717) is 11.3 Å². The zero-order valence-electron chi connectivity index (χ0n) is 5.76. The zero-order chi connectivity index (χ0) is 7.56. The second-order valence-electron chi connectivity index (χ2n) is 1.95. The molecule has 1 aromatic rings. The van der Waals surface area contributed by atoms with Crippen molar-refractivity contribution in [2.45, 2.75) is 0 Å². The van der Waals surface area contributed by atoms with E-state index in [1.165, 1.54) is 13.2 Å². The molecule has 52 valence electrons. The zero-order valence-corrected chi connectivity index (χ0v) is 5.76. The first-order valence-electron chi connectivity index (χ1n) is 2.91. The van der Waals surface area contributed by atoms with Crippen molar-refractivity contribution in [1.29, 1.82) is 0 Å². The van der Waals surface area contributed by atoms with E-state index in [0.717, 1.165) is 0 Å². The third-order valence-corrected chi connectivity index (χ3v) is 1.26. The van der Waals surface area contributed by atoms with E-state index in [2.05, 4.69) is 6.92 Å². The van der Waals surface area contributed by atoms with Gasteiger partial charge < -0.3 is 4.74 Å². The molecule has 0 bridgehead atoms. The lowest BCUT2D eigenvalue weighted by Gasteiger charge is -2.02. The highest BCUT2D eigenvalue weighted by Crippen LogP contribution is 2.28. The van der Waals surface area contributed by atoms with Gasteiger partial charge in [-0.05, 0) is 18.6 Å². The maximum absolute atomic E-state index is 10.9. The van der Waals surface area contributed by atoms with Gasteiger partial charge >= 0.3 is 0 Å². The maximum Gasteiger partial charge on any atom is 0.220 e. The van der Waals surface area contributed by atoms with Crippen LogP contribution in [0.25, 0.3) is 0 Å². The van der Waals surface area contributed by atoms with Gasteiger partial charge in [-0.15, -0.1) is 0 Å². The van der Waals surface area contributed by atoms with Crippen LogP contribution in [0.4, 0.5) is 0 Å².